The largest absolute Gasteiger partial charge is 0.494 e. The van der Waals surface area contributed by atoms with E-state index in [1.165, 1.54) is 5.56 Å². The minimum Gasteiger partial charge on any atom is -0.494 e. The molecule has 0 spiro atoms. The Hall–Kier alpha value is -1.71. The van der Waals surface area contributed by atoms with Crippen LogP contribution in [0.5, 0.6) is 5.75 Å². The van der Waals surface area contributed by atoms with Crippen LogP contribution in [0.2, 0.25) is 0 Å². The maximum absolute atomic E-state index is 11.1. The van der Waals surface area contributed by atoms with Crippen molar-refractivity contribution in [3.63, 3.8) is 0 Å². The average molecular weight is 277 g/mol. The van der Waals surface area contributed by atoms with Gasteiger partial charge in [-0.25, -0.2) is 0 Å². The van der Waals surface area contributed by atoms with E-state index in [1.807, 2.05) is 30.0 Å². The SMILES string of the molecule is CCOc1ccc2c(c1)C(C)CC(C)(C)N2CC(=O)O. The van der Waals surface area contributed by atoms with E-state index < -0.39 is 5.97 Å². The second kappa shape index (κ2) is 5.35. The smallest absolute Gasteiger partial charge is 0.323 e. The maximum atomic E-state index is 11.1. The van der Waals surface area contributed by atoms with E-state index in [2.05, 4.69) is 20.8 Å². The van der Waals surface area contributed by atoms with Gasteiger partial charge in [-0.2, -0.15) is 0 Å². The lowest BCUT2D eigenvalue weighted by Crippen LogP contribution is -2.50. The quantitative estimate of drug-likeness (QED) is 0.917. The third-order valence-corrected chi connectivity index (χ3v) is 3.96. The highest BCUT2D eigenvalue weighted by molar-refractivity contribution is 5.76. The Labute approximate surface area is 120 Å². The van der Waals surface area contributed by atoms with Gasteiger partial charge >= 0.3 is 5.97 Å². The van der Waals surface area contributed by atoms with Crippen LogP contribution in [0.1, 0.15) is 45.6 Å². The van der Waals surface area contributed by atoms with Crippen molar-refractivity contribution in [2.75, 3.05) is 18.1 Å². The zero-order valence-electron chi connectivity index (χ0n) is 12.6. The van der Waals surface area contributed by atoms with Crippen molar-refractivity contribution in [1.29, 1.82) is 0 Å². The van der Waals surface area contributed by atoms with Gasteiger partial charge in [-0.1, -0.05) is 6.92 Å². The van der Waals surface area contributed by atoms with E-state index >= 15 is 0 Å². The van der Waals surface area contributed by atoms with Gasteiger partial charge in [0.05, 0.1) is 6.61 Å². The molecule has 1 unspecified atom stereocenters. The lowest BCUT2D eigenvalue weighted by molar-refractivity contribution is -0.135. The van der Waals surface area contributed by atoms with Crippen molar-refractivity contribution < 1.29 is 14.6 Å². The summed E-state index contributed by atoms with van der Waals surface area (Å²) in [6.45, 7) is 9.02. The first-order chi connectivity index (χ1) is 9.35. The maximum Gasteiger partial charge on any atom is 0.323 e. The predicted molar refractivity (Wildman–Crippen MR) is 79.7 cm³/mol. The lowest BCUT2D eigenvalue weighted by atomic mass is 9.80. The summed E-state index contributed by atoms with van der Waals surface area (Å²) in [5.41, 5.74) is 2.04. The highest BCUT2D eigenvalue weighted by Crippen LogP contribution is 2.44. The summed E-state index contributed by atoms with van der Waals surface area (Å²) >= 11 is 0. The van der Waals surface area contributed by atoms with Crippen LogP contribution in [-0.4, -0.2) is 29.8 Å². The van der Waals surface area contributed by atoms with Gasteiger partial charge in [0.15, 0.2) is 0 Å². The molecule has 1 aromatic rings. The van der Waals surface area contributed by atoms with E-state index in [0.717, 1.165) is 17.9 Å². The molecule has 0 aliphatic carbocycles. The molecular weight excluding hydrogens is 254 g/mol. The highest BCUT2D eigenvalue weighted by Gasteiger charge is 2.37. The predicted octanol–water partition coefficient (Wildman–Crippen LogP) is 3.26. The van der Waals surface area contributed by atoms with Crippen molar-refractivity contribution in [1.82, 2.24) is 0 Å². The molecular formula is C16H23NO3. The fraction of sp³-hybridized carbons (Fsp3) is 0.562. The Bertz CT molecular complexity index is 510. The zero-order valence-corrected chi connectivity index (χ0v) is 12.6. The van der Waals surface area contributed by atoms with Crippen LogP contribution in [0.15, 0.2) is 18.2 Å². The van der Waals surface area contributed by atoms with Crippen LogP contribution in [0.3, 0.4) is 0 Å². The number of anilines is 1. The zero-order chi connectivity index (χ0) is 14.9. The number of hydrogen-bond acceptors (Lipinski definition) is 3. The number of hydrogen-bond donors (Lipinski definition) is 1. The number of benzene rings is 1. The van der Waals surface area contributed by atoms with Crippen LogP contribution in [0, 0.1) is 0 Å². The monoisotopic (exact) mass is 277 g/mol. The van der Waals surface area contributed by atoms with Gasteiger partial charge in [-0.15, -0.1) is 0 Å². The first-order valence-electron chi connectivity index (χ1n) is 7.11. The van der Waals surface area contributed by atoms with Gasteiger partial charge in [-0.3, -0.25) is 4.79 Å². The van der Waals surface area contributed by atoms with Crippen LogP contribution in [0.4, 0.5) is 5.69 Å². The van der Waals surface area contributed by atoms with Crippen molar-refractivity contribution in [2.24, 2.45) is 0 Å². The van der Waals surface area contributed by atoms with E-state index in [1.54, 1.807) is 0 Å². The summed E-state index contributed by atoms with van der Waals surface area (Å²) in [5.74, 6) is 0.450. The van der Waals surface area contributed by atoms with Gasteiger partial charge in [0.1, 0.15) is 12.3 Å². The molecule has 0 fully saturated rings. The number of ether oxygens (including phenoxy) is 1. The van der Waals surface area contributed by atoms with Gasteiger partial charge in [0.25, 0.3) is 0 Å². The third kappa shape index (κ3) is 2.74. The molecule has 1 atom stereocenters. The van der Waals surface area contributed by atoms with Gasteiger partial charge in [0.2, 0.25) is 0 Å². The Balaban J connectivity index is 2.45. The second-order valence-electron chi connectivity index (χ2n) is 6.05. The number of carboxylic acids is 1. The Morgan fingerprint density at radius 2 is 2.20 bits per heavy atom. The fourth-order valence-electron chi connectivity index (χ4n) is 3.16. The second-order valence-corrected chi connectivity index (χ2v) is 6.05. The molecule has 4 heteroatoms. The van der Waals surface area contributed by atoms with Crippen molar-refractivity contribution in [3.8, 4) is 5.75 Å². The first kappa shape index (κ1) is 14.7. The highest BCUT2D eigenvalue weighted by atomic mass is 16.5. The molecule has 0 radical (unpaired) electrons. The molecule has 1 heterocycles. The molecule has 20 heavy (non-hydrogen) atoms. The first-order valence-corrected chi connectivity index (χ1v) is 7.11. The molecule has 110 valence electrons. The van der Waals surface area contributed by atoms with Crippen molar-refractivity contribution >= 4 is 11.7 Å². The van der Waals surface area contributed by atoms with Crippen LogP contribution in [-0.2, 0) is 4.79 Å². The number of carboxylic acid groups (broad SMARTS) is 1. The fourth-order valence-corrected chi connectivity index (χ4v) is 3.16. The minimum atomic E-state index is -0.799. The standard InChI is InChI=1S/C16H23NO3/c1-5-20-12-6-7-14-13(8-12)11(2)9-16(3,4)17(14)10-15(18)19/h6-8,11H,5,9-10H2,1-4H3,(H,18,19). The number of rotatable bonds is 4. The molecule has 2 rings (SSSR count). The molecule has 1 aromatic carbocycles. The van der Waals surface area contributed by atoms with Crippen molar-refractivity contribution in [3.05, 3.63) is 23.8 Å². The van der Waals surface area contributed by atoms with Gasteiger partial charge < -0.3 is 14.7 Å². The minimum absolute atomic E-state index is 0.0285. The van der Waals surface area contributed by atoms with Crippen molar-refractivity contribution in [2.45, 2.75) is 45.6 Å². The summed E-state index contributed by atoms with van der Waals surface area (Å²) in [5, 5.41) is 9.16. The number of aliphatic carboxylic acids is 1. The lowest BCUT2D eigenvalue weighted by Gasteiger charge is -2.46. The molecule has 0 amide bonds. The molecule has 1 aliphatic heterocycles. The molecule has 1 aliphatic rings. The Morgan fingerprint density at radius 1 is 1.50 bits per heavy atom. The van der Waals surface area contributed by atoms with Crippen LogP contribution in [0.25, 0.3) is 0 Å². The molecule has 0 aromatic heterocycles. The van der Waals surface area contributed by atoms with Crippen LogP contribution >= 0.6 is 0 Å². The molecule has 1 N–H and O–H groups in total. The third-order valence-electron chi connectivity index (χ3n) is 3.96. The van der Waals surface area contributed by atoms with Gasteiger partial charge in [-0.05, 0) is 56.9 Å². The molecule has 0 saturated carbocycles. The van der Waals surface area contributed by atoms with Crippen LogP contribution < -0.4 is 9.64 Å². The van der Waals surface area contributed by atoms with E-state index in [4.69, 9.17) is 9.84 Å². The summed E-state index contributed by atoms with van der Waals surface area (Å²) in [6, 6.07) is 5.96. The summed E-state index contributed by atoms with van der Waals surface area (Å²) in [7, 11) is 0. The Kier molecular flexibility index (Phi) is 3.93. The van der Waals surface area contributed by atoms with E-state index in [-0.39, 0.29) is 12.1 Å². The normalized spacial score (nSPS) is 20.4. The summed E-state index contributed by atoms with van der Waals surface area (Å²) < 4.78 is 5.55. The summed E-state index contributed by atoms with van der Waals surface area (Å²) in [6.07, 6.45) is 0.933. The number of nitrogens with zero attached hydrogens (tertiary/aromatic N) is 1. The summed E-state index contributed by atoms with van der Waals surface area (Å²) in [4.78, 5) is 13.1. The van der Waals surface area contributed by atoms with Gasteiger partial charge in [0, 0.05) is 11.2 Å². The Morgan fingerprint density at radius 3 is 2.80 bits per heavy atom. The molecule has 0 bridgehead atoms. The molecule has 4 nitrogen and oxygen atoms in total. The molecule has 0 saturated heterocycles. The number of fused-ring (bicyclic) bond motifs is 1. The van der Waals surface area contributed by atoms with E-state index in [9.17, 15) is 4.79 Å². The average Bonchev–Trinajstić information content (AvgIpc) is 2.34. The topological polar surface area (TPSA) is 49.8 Å². The number of carbonyl (C=O) groups is 1. The van der Waals surface area contributed by atoms with E-state index in [0.29, 0.717) is 12.5 Å².